The Morgan fingerprint density at radius 3 is 2.65 bits per heavy atom. The van der Waals surface area contributed by atoms with E-state index in [1.807, 2.05) is 44.2 Å². The highest BCUT2D eigenvalue weighted by molar-refractivity contribution is 5.85. The number of aromatic nitrogens is 1. The molecule has 37 heavy (non-hydrogen) atoms. The minimum Gasteiger partial charge on any atom is -0.492 e. The predicted molar refractivity (Wildman–Crippen MR) is 146 cm³/mol. The number of hydrogen-bond acceptors (Lipinski definition) is 7. The minimum atomic E-state index is -0.662. The number of hydrogen-bond donors (Lipinski definition) is 2. The van der Waals surface area contributed by atoms with Crippen LogP contribution in [-0.2, 0) is 27.2 Å². The molecule has 0 fully saturated rings. The Labute approximate surface area is 221 Å². The van der Waals surface area contributed by atoms with Crippen LogP contribution in [0.15, 0.2) is 42.5 Å². The Hall–Kier alpha value is -3.13. The maximum absolute atomic E-state index is 12.3. The number of unbranched alkanes of at least 4 members (excludes halogenated alkanes) is 1. The molecule has 202 valence electrons. The van der Waals surface area contributed by atoms with Crippen LogP contribution in [0.25, 0.3) is 0 Å². The van der Waals surface area contributed by atoms with Crippen LogP contribution in [0.3, 0.4) is 0 Å². The van der Waals surface area contributed by atoms with E-state index in [0.29, 0.717) is 19.6 Å². The first-order valence-electron chi connectivity index (χ1n) is 13.5. The number of pyridine rings is 1. The second-order valence-electron chi connectivity index (χ2n) is 9.83. The molecule has 8 heteroatoms. The zero-order valence-electron chi connectivity index (χ0n) is 22.5. The lowest BCUT2D eigenvalue weighted by atomic mass is 10.1. The fourth-order valence-corrected chi connectivity index (χ4v) is 4.34. The maximum atomic E-state index is 12.3. The molecule has 2 aromatic rings. The van der Waals surface area contributed by atoms with Gasteiger partial charge in [0.05, 0.1) is 7.11 Å². The summed E-state index contributed by atoms with van der Waals surface area (Å²) in [6.45, 7) is 7.40. The lowest BCUT2D eigenvalue weighted by molar-refractivity contribution is -0.145. The van der Waals surface area contributed by atoms with Crippen LogP contribution in [0.1, 0.15) is 50.8 Å². The average molecular weight is 511 g/mol. The Balaban J connectivity index is 1.52. The number of para-hydroxylation sites is 1. The van der Waals surface area contributed by atoms with E-state index in [2.05, 4.69) is 27.7 Å². The van der Waals surface area contributed by atoms with Gasteiger partial charge in [0.1, 0.15) is 24.2 Å². The van der Waals surface area contributed by atoms with Gasteiger partial charge in [-0.05, 0) is 68.8 Å². The van der Waals surface area contributed by atoms with Gasteiger partial charge >= 0.3 is 5.97 Å². The number of aryl methyl sites for hydroxylation is 2. The van der Waals surface area contributed by atoms with Gasteiger partial charge in [0.25, 0.3) is 0 Å². The van der Waals surface area contributed by atoms with Crippen molar-refractivity contribution >= 4 is 17.7 Å². The molecular weight excluding hydrogens is 468 g/mol. The second-order valence-corrected chi connectivity index (χ2v) is 9.83. The number of amides is 1. The van der Waals surface area contributed by atoms with E-state index in [9.17, 15) is 9.59 Å². The van der Waals surface area contributed by atoms with Crippen molar-refractivity contribution in [1.29, 1.82) is 0 Å². The van der Waals surface area contributed by atoms with Crippen molar-refractivity contribution in [2.24, 2.45) is 5.92 Å². The molecule has 1 unspecified atom stereocenters. The van der Waals surface area contributed by atoms with Crippen molar-refractivity contribution in [3.8, 4) is 5.75 Å². The molecule has 2 heterocycles. The number of fused-ring (bicyclic) bond motifs is 1. The zero-order chi connectivity index (χ0) is 26.5. The number of ether oxygens (including phenoxy) is 2. The van der Waals surface area contributed by atoms with Crippen molar-refractivity contribution in [3.63, 3.8) is 0 Å². The molecule has 0 spiro atoms. The molecule has 1 aromatic heterocycles. The molecule has 0 aliphatic carbocycles. The third kappa shape index (κ3) is 9.69. The molecule has 1 aliphatic rings. The van der Waals surface area contributed by atoms with E-state index >= 15 is 0 Å². The number of carbonyl (C=O) groups is 2. The van der Waals surface area contributed by atoms with Gasteiger partial charge in [0.2, 0.25) is 5.91 Å². The van der Waals surface area contributed by atoms with Gasteiger partial charge in [-0.1, -0.05) is 38.1 Å². The quantitative estimate of drug-likeness (QED) is 0.278. The molecule has 1 aliphatic heterocycles. The lowest BCUT2D eigenvalue weighted by Crippen LogP contribution is -2.45. The molecular formula is C29H42N4O4. The highest BCUT2D eigenvalue weighted by Gasteiger charge is 2.23. The maximum Gasteiger partial charge on any atom is 0.328 e. The van der Waals surface area contributed by atoms with E-state index in [1.54, 1.807) is 0 Å². The SMILES string of the molecule is COC(=O)C(CCN(CCCCc1ccc2c(n1)NCCC2)CCOc1ccccc1)NC(=O)C(C)C. The van der Waals surface area contributed by atoms with Crippen LogP contribution in [0, 0.1) is 5.92 Å². The number of benzene rings is 1. The molecule has 0 bridgehead atoms. The first-order valence-corrected chi connectivity index (χ1v) is 13.5. The molecule has 0 radical (unpaired) electrons. The fourth-order valence-electron chi connectivity index (χ4n) is 4.34. The lowest BCUT2D eigenvalue weighted by Gasteiger charge is -2.25. The van der Waals surface area contributed by atoms with Gasteiger partial charge < -0.3 is 20.1 Å². The van der Waals surface area contributed by atoms with Gasteiger partial charge in [-0.15, -0.1) is 0 Å². The van der Waals surface area contributed by atoms with Gasteiger partial charge in [-0.3, -0.25) is 9.69 Å². The van der Waals surface area contributed by atoms with Crippen LogP contribution < -0.4 is 15.4 Å². The van der Waals surface area contributed by atoms with Gasteiger partial charge in [0, 0.05) is 31.2 Å². The number of methoxy groups -OCH3 is 1. The number of rotatable bonds is 15. The molecule has 0 saturated carbocycles. The summed E-state index contributed by atoms with van der Waals surface area (Å²) in [5.41, 5.74) is 2.43. The first-order chi connectivity index (χ1) is 18.0. The van der Waals surface area contributed by atoms with E-state index in [1.165, 1.54) is 12.7 Å². The van der Waals surface area contributed by atoms with Crippen molar-refractivity contribution in [3.05, 3.63) is 53.7 Å². The molecule has 1 amide bonds. The van der Waals surface area contributed by atoms with E-state index in [0.717, 1.165) is 69.0 Å². The number of nitrogens with zero attached hydrogens (tertiary/aromatic N) is 2. The summed E-state index contributed by atoms with van der Waals surface area (Å²) in [6, 6.07) is 13.4. The van der Waals surface area contributed by atoms with E-state index in [4.69, 9.17) is 14.5 Å². The molecule has 1 aromatic carbocycles. The van der Waals surface area contributed by atoms with Gasteiger partial charge in [0.15, 0.2) is 0 Å². The number of anilines is 1. The topological polar surface area (TPSA) is 92.8 Å². The monoisotopic (exact) mass is 510 g/mol. The zero-order valence-corrected chi connectivity index (χ0v) is 22.5. The standard InChI is InChI=1S/C29H42N4O4/c1-22(2)28(34)32-26(29(35)36-3)16-19-33(20-21-37-25-12-5-4-6-13-25)18-8-7-11-24-15-14-23-10-9-17-30-27(23)31-24/h4-6,12-15,22,26H,7-11,16-21H2,1-3H3,(H,30,31)(H,32,34). The van der Waals surface area contributed by atoms with Gasteiger partial charge in [-0.25, -0.2) is 9.78 Å². The summed E-state index contributed by atoms with van der Waals surface area (Å²) in [4.78, 5) is 31.6. The van der Waals surface area contributed by atoms with Crippen LogP contribution in [0.2, 0.25) is 0 Å². The Morgan fingerprint density at radius 2 is 1.89 bits per heavy atom. The summed E-state index contributed by atoms with van der Waals surface area (Å²) in [7, 11) is 1.35. The number of esters is 1. The van der Waals surface area contributed by atoms with Crippen molar-refractivity contribution in [2.75, 3.05) is 45.2 Å². The third-order valence-electron chi connectivity index (χ3n) is 6.59. The largest absolute Gasteiger partial charge is 0.492 e. The first kappa shape index (κ1) is 28.4. The summed E-state index contributed by atoms with van der Waals surface area (Å²) >= 11 is 0. The van der Waals surface area contributed by atoms with Gasteiger partial charge in [-0.2, -0.15) is 0 Å². The van der Waals surface area contributed by atoms with Crippen LogP contribution in [0.4, 0.5) is 5.82 Å². The normalized spacial score (nSPS) is 13.5. The fraction of sp³-hybridized carbons (Fsp3) is 0.552. The Kier molecular flexibility index (Phi) is 11.7. The summed E-state index contributed by atoms with van der Waals surface area (Å²) < 4.78 is 10.9. The Bertz CT molecular complexity index is 983. The third-order valence-corrected chi connectivity index (χ3v) is 6.59. The van der Waals surface area contributed by atoms with E-state index in [-0.39, 0.29) is 11.8 Å². The molecule has 8 nitrogen and oxygen atoms in total. The Morgan fingerprint density at radius 1 is 1.08 bits per heavy atom. The highest BCUT2D eigenvalue weighted by atomic mass is 16.5. The van der Waals surface area contributed by atoms with Crippen LogP contribution >= 0.6 is 0 Å². The summed E-state index contributed by atoms with van der Waals surface area (Å²) in [5.74, 6) is 1.12. The summed E-state index contributed by atoms with van der Waals surface area (Å²) in [5, 5.41) is 6.24. The van der Waals surface area contributed by atoms with Crippen LogP contribution in [-0.4, -0.2) is 67.7 Å². The highest BCUT2D eigenvalue weighted by Crippen LogP contribution is 2.20. The van der Waals surface area contributed by atoms with Crippen molar-refractivity contribution in [2.45, 2.75) is 58.4 Å². The minimum absolute atomic E-state index is 0.151. The smallest absolute Gasteiger partial charge is 0.328 e. The molecule has 1 atom stereocenters. The molecule has 3 rings (SSSR count). The second kappa shape index (κ2) is 15.2. The van der Waals surface area contributed by atoms with E-state index < -0.39 is 12.0 Å². The number of nitrogens with one attached hydrogen (secondary N) is 2. The molecule has 0 saturated heterocycles. The summed E-state index contributed by atoms with van der Waals surface area (Å²) in [6.07, 6.45) is 5.69. The van der Waals surface area contributed by atoms with Crippen molar-refractivity contribution < 1.29 is 19.1 Å². The van der Waals surface area contributed by atoms with Crippen molar-refractivity contribution in [1.82, 2.24) is 15.2 Å². The predicted octanol–water partition coefficient (Wildman–Crippen LogP) is 3.85. The number of carbonyl (C=O) groups excluding carboxylic acids is 2. The van der Waals surface area contributed by atoms with Crippen LogP contribution in [0.5, 0.6) is 5.75 Å². The molecule has 2 N–H and O–H groups in total. The average Bonchev–Trinajstić information content (AvgIpc) is 2.92.